The lowest BCUT2D eigenvalue weighted by Gasteiger charge is -2.01. The lowest BCUT2D eigenvalue weighted by molar-refractivity contribution is 0.0949. The monoisotopic (exact) mass is 343 g/mol. The fourth-order valence-electron chi connectivity index (χ4n) is 2.16. The minimum atomic E-state index is -0.117. The molecule has 0 unspecified atom stereocenters. The van der Waals surface area contributed by atoms with Crippen LogP contribution in [0.15, 0.2) is 41.1 Å². The van der Waals surface area contributed by atoms with E-state index in [2.05, 4.69) is 27.4 Å². The van der Waals surface area contributed by atoms with Crippen LogP contribution in [0.5, 0.6) is 0 Å². The lowest BCUT2D eigenvalue weighted by atomic mass is 10.2. The normalized spacial score (nSPS) is 10.7. The Kier molecular flexibility index (Phi) is 5.15. The Morgan fingerprint density at radius 1 is 1.09 bits per heavy atom. The summed E-state index contributed by atoms with van der Waals surface area (Å²) in [5.41, 5.74) is 2.73. The van der Waals surface area contributed by atoms with Crippen LogP contribution in [-0.2, 0) is 12.8 Å². The molecular formula is C17H17N3OS2. The average Bonchev–Trinajstić information content (AvgIpc) is 3.18. The molecule has 1 N–H and O–H groups in total. The van der Waals surface area contributed by atoms with Gasteiger partial charge in [-0.2, -0.15) is 0 Å². The number of benzene rings is 1. The van der Waals surface area contributed by atoms with Gasteiger partial charge in [0.1, 0.15) is 5.69 Å². The highest BCUT2D eigenvalue weighted by atomic mass is 32.1. The zero-order valence-corrected chi connectivity index (χ0v) is 14.4. The van der Waals surface area contributed by atoms with Gasteiger partial charge in [-0.1, -0.05) is 30.3 Å². The van der Waals surface area contributed by atoms with Gasteiger partial charge in [-0.25, -0.2) is 9.97 Å². The van der Waals surface area contributed by atoms with E-state index in [1.807, 2.05) is 35.9 Å². The summed E-state index contributed by atoms with van der Waals surface area (Å²) in [6.45, 7) is 2.56. The average molecular weight is 343 g/mol. The van der Waals surface area contributed by atoms with Crippen molar-refractivity contribution in [3.8, 4) is 0 Å². The third-order valence-electron chi connectivity index (χ3n) is 3.27. The summed E-state index contributed by atoms with van der Waals surface area (Å²) in [7, 11) is 0. The molecule has 4 nitrogen and oxygen atoms in total. The molecule has 0 bridgehead atoms. The molecule has 0 fully saturated rings. The van der Waals surface area contributed by atoms with Crippen molar-refractivity contribution in [3.05, 3.63) is 68.1 Å². The first-order valence-electron chi connectivity index (χ1n) is 7.38. The number of carbonyl (C=O) groups is 1. The molecule has 2 aromatic heterocycles. The summed E-state index contributed by atoms with van der Waals surface area (Å²) in [4.78, 5) is 20.9. The molecule has 0 spiro atoms. The largest absolute Gasteiger partial charge is 0.350 e. The number of hydrogen-bond acceptors (Lipinski definition) is 5. The van der Waals surface area contributed by atoms with Gasteiger partial charge < -0.3 is 5.32 Å². The van der Waals surface area contributed by atoms with Crippen molar-refractivity contribution < 1.29 is 4.79 Å². The van der Waals surface area contributed by atoms with Crippen LogP contribution in [0, 0.1) is 6.92 Å². The summed E-state index contributed by atoms with van der Waals surface area (Å²) in [6.07, 6.45) is 1.52. The second-order valence-corrected chi connectivity index (χ2v) is 7.06. The molecule has 2 heterocycles. The van der Waals surface area contributed by atoms with Gasteiger partial charge in [-0.05, 0) is 12.5 Å². The predicted molar refractivity (Wildman–Crippen MR) is 94.3 cm³/mol. The van der Waals surface area contributed by atoms with E-state index in [1.165, 1.54) is 16.9 Å². The molecule has 23 heavy (non-hydrogen) atoms. The van der Waals surface area contributed by atoms with Crippen molar-refractivity contribution in [3.63, 3.8) is 0 Å². The van der Waals surface area contributed by atoms with Crippen molar-refractivity contribution in [1.82, 2.24) is 15.3 Å². The van der Waals surface area contributed by atoms with Crippen molar-refractivity contribution in [2.24, 2.45) is 0 Å². The maximum atomic E-state index is 12.1. The molecule has 0 saturated carbocycles. The Bertz CT molecular complexity index is 780. The second-order valence-electron chi connectivity index (χ2n) is 5.18. The third-order valence-corrected chi connectivity index (χ3v) is 5.15. The van der Waals surface area contributed by atoms with Gasteiger partial charge in [0.25, 0.3) is 5.91 Å². The van der Waals surface area contributed by atoms with E-state index in [0.717, 1.165) is 28.6 Å². The highest BCUT2D eigenvalue weighted by Gasteiger charge is 2.11. The first kappa shape index (κ1) is 15.8. The van der Waals surface area contributed by atoms with Crippen LogP contribution in [-0.4, -0.2) is 22.4 Å². The number of aromatic nitrogens is 2. The van der Waals surface area contributed by atoms with Crippen molar-refractivity contribution in [1.29, 1.82) is 0 Å². The summed E-state index contributed by atoms with van der Waals surface area (Å²) in [6, 6.07) is 10.1. The molecule has 3 aromatic rings. The van der Waals surface area contributed by atoms with Gasteiger partial charge in [0.2, 0.25) is 0 Å². The van der Waals surface area contributed by atoms with Crippen molar-refractivity contribution in [2.45, 2.75) is 19.8 Å². The summed E-state index contributed by atoms with van der Waals surface area (Å²) in [5, 5.41) is 8.75. The molecule has 0 radical (unpaired) electrons. The SMILES string of the molecule is Cc1csc(CCNC(=O)c2csc(Cc3ccccc3)n2)n1. The van der Waals surface area contributed by atoms with E-state index in [1.54, 1.807) is 11.3 Å². The molecule has 6 heteroatoms. The van der Waals surface area contributed by atoms with Crippen LogP contribution in [0.25, 0.3) is 0 Å². The minimum absolute atomic E-state index is 0.117. The van der Waals surface area contributed by atoms with Crippen LogP contribution in [0.1, 0.15) is 31.8 Å². The topological polar surface area (TPSA) is 54.9 Å². The number of nitrogens with zero attached hydrogens (tertiary/aromatic N) is 2. The number of aryl methyl sites for hydroxylation is 1. The van der Waals surface area contributed by atoms with E-state index in [-0.39, 0.29) is 5.91 Å². The van der Waals surface area contributed by atoms with Gasteiger partial charge >= 0.3 is 0 Å². The summed E-state index contributed by atoms with van der Waals surface area (Å²) >= 11 is 3.15. The minimum Gasteiger partial charge on any atom is -0.350 e. The Morgan fingerprint density at radius 3 is 2.61 bits per heavy atom. The van der Waals surface area contributed by atoms with Gasteiger partial charge in [-0.3, -0.25) is 4.79 Å². The lowest BCUT2D eigenvalue weighted by Crippen LogP contribution is -2.26. The van der Waals surface area contributed by atoms with Crippen LogP contribution in [0.3, 0.4) is 0 Å². The van der Waals surface area contributed by atoms with Crippen molar-refractivity contribution in [2.75, 3.05) is 6.54 Å². The van der Waals surface area contributed by atoms with Gasteiger partial charge in [-0.15, -0.1) is 22.7 Å². The molecule has 0 saturated heterocycles. The molecule has 0 aliphatic rings. The molecule has 1 amide bonds. The highest BCUT2D eigenvalue weighted by molar-refractivity contribution is 7.10. The third kappa shape index (κ3) is 4.46. The fraction of sp³-hybridized carbons (Fsp3) is 0.235. The van der Waals surface area contributed by atoms with Gasteiger partial charge in [0, 0.05) is 35.8 Å². The number of thiazole rings is 2. The molecule has 118 valence electrons. The van der Waals surface area contributed by atoms with E-state index in [9.17, 15) is 4.79 Å². The molecule has 3 rings (SSSR count). The molecule has 1 aromatic carbocycles. The van der Waals surface area contributed by atoms with E-state index in [4.69, 9.17) is 0 Å². The Labute approximate surface area is 143 Å². The second kappa shape index (κ2) is 7.48. The number of hydrogen-bond donors (Lipinski definition) is 1. The summed E-state index contributed by atoms with van der Waals surface area (Å²) < 4.78 is 0. The molecule has 0 atom stereocenters. The van der Waals surface area contributed by atoms with E-state index >= 15 is 0 Å². The maximum Gasteiger partial charge on any atom is 0.270 e. The Hall–Kier alpha value is -2.05. The number of carbonyl (C=O) groups excluding carboxylic acids is 1. The number of rotatable bonds is 6. The first-order chi connectivity index (χ1) is 11.2. The summed E-state index contributed by atoms with van der Waals surface area (Å²) in [5.74, 6) is -0.117. The van der Waals surface area contributed by atoms with Crippen LogP contribution in [0.2, 0.25) is 0 Å². The number of nitrogens with one attached hydrogen (secondary N) is 1. The Balaban J connectivity index is 1.52. The van der Waals surface area contributed by atoms with E-state index in [0.29, 0.717) is 12.2 Å². The smallest absolute Gasteiger partial charge is 0.270 e. The van der Waals surface area contributed by atoms with Crippen LogP contribution >= 0.6 is 22.7 Å². The fourth-order valence-corrected chi connectivity index (χ4v) is 3.74. The van der Waals surface area contributed by atoms with Gasteiger partial charge in [0.05, 0.1) is 10.0 Å². The van der Waals surface area contributed by atoms with E-state index < -0.39 is 0 Å². The highest BCUT2D eigenvalue weighted by Crippen LogP contribution is 2.15. The Morgan fingerprint density at radius 2 is 1.87 bits per heavy atom. The first-order valence-corrected chi connectivity index (χ1v) is 9.14. The molecule has 0 aliphatic carbocycles. The predicted octanol–water partition coefficient (Wildman–Crippen LogP) is 3.47. The number of amides is 1. The molecule has 0 aliphatic heterocycles. The zero-order chi connectivity index (χ0) is 16.1. The maximum absolute atomic E-state index is 12.1. The van der Waals surface area contributed by atoms with Gasteiger partial charge in [0.15, 0.2) is 0 Å². The quantitative estimate of drug-likeness (QED) is 0.745. The zero-order valence-electron chi connectivity index (χ0n) is 12.8. The van der Waals surface area contributed by atoms with Crippen molar-refractivity contribution >= 4 is 28.6 Å². The van der Waals surface area contributed by atoms with Crippen LogP contribution < -0.4 is 5.32 Å². The van der Waals surface area contributed by atoms with Crippen LogP contribution in [0.4, 0.5) is 0 Å². The molecular weight excluding hydrogens is 326 g/mol. The standard InChI is InChI=1S/C17H17N3OS2/c1-12-10-22-15(19-12)7-8-18-17(21)14-11-23-16(20-14)9-13-5-3-2-4-6-13/h2-6,10-11H,7-9H2,1H3,(H,18,21).